The van der Waals surface area contributed by atoms with Crippen molar-refractivity contribution in [3.05, 3.63) is 0 Å². The molecule has 1 saturated carbocycles. The number of carboxylic acid groups (broad SMARTS) is 1. The highest BCUT2D eigenvalue weighted by molar-refractivity contribution is 5.85. The zero-order valence-electron chi connectivity index (χ0n) is 9.66. The predicted octanol–water partition coefficient (Wildman–Crippen LogP) is 2.40. The van der Waals surface area contributed by atoms with E-state index in [1.165, 1.54) is 19.3 Å². The fourth-order valence-corrected chi connectivity index (χ4v) is 2.68. The molecule has 15 heavy (non-hydrogen) atoms. The van der Waals surface area contributed by atoms with Crippen LogP contribution in [0.3, 0.4) is 0 Å². The van der Waals surface area contributed by atoms with Crippen molar-refractivity contribution in [2.45, 2.75) is 38.5 Å². The SMILES string of the molecule is CN(C)CC1(CC(=O)O)CCCCC1.Cl. The molecule has 0 aromatic carbocycles. The summed E-state index contributed by atoms with van der Waals surface area (Å²) >= 11 is 0. The number of nitrogens with zero attached hydrogens (tertiary/aromatic N) is 1. The van der Waals surface area contributed by atoms with Crippen molar-refractivity contribution >= 4 is 18.4 Å². The van der Waals surface area contributed by atoms with E-state index in [-0.39, 0.29) is 17.8 Å². The summed E-state index contributed by atoms with van der Waals surface area (Å²) < 4.78 is 0. The van der Waals surface area contributed by atoms with Gasteiger partial charge < -0.3 is 10.0 Å². The number of aliphatic carboxylic acids is 1. The van der Waals surface area contributed by atoms with Gasteiger partial charge in [-0.1, -0.05) is 19.3 Å². The molecule has 0 bridgehead atoms. The third-order valence-corrected chi connectivity index (χ3v) is 3.09. The molecule has 90 valence electrons. The first kappa shape index (κ1) is 14.7. The number of halogens is 1. The molecule has 0 aromatic heterocycles. The van der Waals surface area contributed by atoms with Crippen molar-refractivity contribution in [2.75, 3.05) is 20.6 Å². The fourth-order valence-electron chi connectivity index (χ4n) is 2.68. The van der Waals surface area contributed by atoms with Gasteiger partial charge in [-0.3, -0.25) is 4.79 Å². The second-order valence-corrected chi connectivity index (χ2v) is 4.87. The highest BCUT2D eigenvalue weighted by Crippen LogP contribution is 2.39. The maximum Gasteiger partial charge on any atom is 0.303 e. The van der Waals surface area contributed by atoms with Crippen LogP contribution in [0.15, 0.2) is 0 Å². The lowest BCUT2D eigenvalue weighted by Crippen LogP contribution is -2.37. The van der Waals surface area contributed by atoms with Gasteiger partial charge in [0.25, 0.3) is 0 Å². The van der Waals surface area contributed by atoms with Gasteiger partial charge in [0, 0.05) is 6.54 Å². The lowest BCUT2D eigenvalue weighted by molar-refractivity contribution is -0.140. The Morgan fingerprint density at radius 3 is 2.20 bits per heavy atom. The van der Waals surface area contributed by atoms with Crippen LogP contribution in [0.2, 0.25) is 0 Å². The standard InChI is InChI=1S/C11H21NO2.ClH/c1-12(2)9-11(8-10(13)14)6-4-3-5-7-11;/h3-9H2,1-2H3,(H,13,14);1H. The minimum absolute atomic E-state index is 0. The van der Waals surface area contributed by atoms with Crippen LogP contribution in [0, 0.1) is 5.41 Å². The lowest BCUT2D eigenvalue weighted by Gasteiger charge is -2.38. The molecule has 0 aromatic rings. The molecular weight excluding hydrogens is 214 g/mol. The van der Waals surface area contributed by atoms with Gasteiger partial charge >= 0.3 is 5.97 Å². The minimum atomic E-state index is -0.645. The Balaban J connectivity index is 0.00000196. The monoisotopic (exact) mass is 235 g/mol. The Bertz CT molecular complexity index is 201. The van der Waals surface area contributed by atoms with Crippen LogP contribution in [0.25, 0.3) is 0 Å². The van der Waals surface area contributed by atoms with Gasteiger partial charge in [-0.2, -0.15) is 0 Å². The fraction of sp³-hybridized carbons (Fsp3) is 0.909. The summed E-state index contributed by atoms with van der Waals surface area (Å²) in [5.74, 6) is -0.645. The van der Waals surface area contributed by atoms with E-state index in [2.05, 4.69) is 4.90 Å². The molecule has 0 radical (unpaired) electrons. The van der Waals surface area contributed by atoms with E-state index in [1.54, 1.807) is 0 Å². The van der Waals surface area contributed by atoms with E-state index in [9.17, 15) is 4.79 Å². The highest BCUT2D eigenvalue weighted by Gasteiger charge is 2.34. The van der Waals surface area contributed by atoms with E-state index in [4.69, 9.17) is 5.11 Å². The lowest BCUT2D eigenvalue weighted by atomic mass is 9.71. The molecule has 1 aliphatic rings. The second-order valence-electron chi connectivity index (χ2n) is 4.87. The molecule has 0 atom stereocenters. The summed E-state index contributed by atoms with van der Waals surface area (Å²) in [6, 6.07) is 0. The molecule has 1 rings (SSSR count). The zero-order valence-corrected chi connectivity index (χ0v) is 10.5. The molecule has 0 amide bonds. The van der Waals surface area contributed by atoms with Crippen LogP contribution in [0.5, 0.6) is 0 Å². The topological polar surface area (TPSA) is 40.5 Å². The van der Waals surface area contributed by atoms with Gasteiger partial charge in [0.1, 0.15) is 0 Å². The summed E-state index contributed by atoms with van der Waals surface area (Å²) in [7, 11) is 4.05. The minimum Gasteiger partial charge on any atom is -0.481 e. The van der Waals surface area contributed by atoms with Crippen LogP contribution in [-0.4, -0.2) is 36.6 Å². The molecule has 1 N–H and O–H groups in total. The molecule has 1 aliphatic carbocycles. The van der Waals surface area contributed by atoms with E-state index in [0.29, 0.717) is 6.42 Å². The Kier molecular flexibility index (Phi) is 6.22. The second kappa shape index (κ2) is 6.33. The van der Waals surface area contributed by atoms with Crippen molar-refractivity contribution in [2.24, 2.45) is 5.41 Å². The zero-order chi connectivity index (χ0) is 10.6. The summed E-state index contributed by atoms with van der Waals surface area (Å²) in [6.45, 7) is 0.916. The number of carbonyl (C=O) groups is 1. The molecule has 0 heterocycles. The number of hydrogen-bond donors (Lipinski definition) is 1. The summed E-state index contributed by atoms with van der Waals surface area (Å²) in [5, 5.41) is 8.93. The average Bonchev–Trinajstić information content (AvgIpc) is 2.01. The summed E-state index contributed by atoms with van der Waals surface area (Å²) in [6.07, 6.45) is 6.16. The molecule has 4 heteroatoms. The number of hydrogen-bond acceptors (Lipinski definition) is 2. The van der Waals surface area contributed by atoms with E-state index in [0.717, 1.165) is 19.4 Å². The summed E-state index contributed by atoms with van der Waals surface area (Å²) in [5.41, 5.74) is 0.0492. The Labute approximate surface area is 98.3 Å². The van der Waals surface area contributed by atoms with Crippen molar-refractivity contribution < 1.29 is 9.90 Å². The molecule has 0 aliphatic heterocycles. The van der Waals surface area contributed by atoms with Gasteiger partial charge in [0.05, 0.1) is 6.42 Å². The third-order valence-electron chi connectivity index (χ3n) is 3.09. The van der Waals surface area contributed by atoms with Crippen LogP contribution >= 0.6 is 12.4 Å². The Hall–Kier alpha value is -0.280. The predicted molar refractivity (Wildman–Crippen MR) is 63.6 cm³/mol. The highest BCUT2D eigenvalue weighted by atomic mass is 35.5. The van der Waals surface area contributed by atoms with Crippen molar-refractivity contribution in [3.63, 3.8) is 0 Å². The molecular formula is C11H22ClNO2. The first-order valence-corrected chi connectivity index (χ1v) is 5.41. The van der Waals surface area contributed by atoms with Crippen molar-refractivity contribution in [3.8, 4) is 0 Å². The quantitative estimate of drug-likeness (QED) is 0.814. The van der Waals surface area contributed by atoms with Gasteiger partial charge in [0.2, 0.25) is 0 Å². The molecule has 3 nitrogen and oxygen atoms in total. The largest absolute Gasteiger partial charge is 0.481 e. The molecule has 0 unspecified atom stereocenters. The normalized spacial score (nSPS) is 19.7. The number of carboxylic acids is 1. The average molecular weight is 236 g/mol. The smallest absolute Gasteiger partial charge is 0.303 e. The van der Waals surface area contributed by atoms with Crippen LogP contribution in [-0.2, 0) is 4.79 Å². The van der Waals surface area contributed by atoms with Crippen molar-refractivity contribution in [1.29, 1.82) is 0 Å². The summed E-state index contributed by atoms with van der Waals surface area (Å²) in [4.78, 5) is 13.0. The Morgan fingerprint density at radius 2 is 1.80 bits per heavy atom. The van der Waals surface area contributed by atoms with Gasteiger partial charge in [0.15, 0.2) is 0 Å². The van der Waals surface area contributed by atoms with Crippen LogP contribution in [0.1, 0.15) is 38.5 Å². The maximum atomic E-state index is 10.8. The van der Waals surface area contributed by atoms with Crippen LogP contribution in [0.4, 0.5) is 0 Å². The molecule has 0 spiro atoms. The first-order chi connectivity index (χ1) is 6.54. The molecule has 1 fully saturated rings. The van der Waals surface area contributed by atoms with Gasteiger partial charge in [-0.05, 0) is 32.4 Å². The Morgan fingerprint density at radius 1 is 1.27 bits per heavy atom. The van der Waals surface area contributed by atoms with Crippen LogP contribution < -0.4 is 0 Å². The van der Waals surface area contributed by atoms with Gasteiger partial charge in [-0.25, -0.2) is 0 Å². The maximum absolute atomic E-state index is 10.8. The third kappa shape index (κ3) is 4.85. The molecule has 0 saturated heterocycles. The van der Waals surface area contributed by atoms with E-state index in [1.807, 2.05) is 14.1 Å². The number of rotatable bonds is 4. The van der Waals surface area contributed by atoms with E-state index >= 15 is 0 Å². The van der Waals surface area contributed by atoms with Crippen molar-refractivity contribution in [1.82, 2.24) is 4.90 Å². The van der Waals surface area contributed by atoms with E-state index < -0.39 is 5.97 Å². The first-order valence-electron chi connectivity index (χ1n) is 5.41. The van der Waals surface area contributed by atoms with Gasteiger partial charge in [-0.15, -0.1) is 12.4 Å².